The Morgan fingerprint density at radius 2 is 2.30 bits per heavy atom. The lowest BCUT2D eigenvalue weighted by Crippen LogP contribution is -2.07. The second-order valence-corrected chi connectivity index (χ2v) is 3.32. The smallest absolute Gasteiger partial charge is 0.0532 e. The summed E-state index contributed by atoms with van der Waals surface area (Å²) in [4.78, 5) is 0. The third kappa shape index (κ3) is 1.10. The minimum absolute atomic E-state index is 0.752. The normalized spacial score (nSPS) is 39.2. The van der Waals surface area contributed by atoms with Gasteiger partial charge in [-0.3, -0.25) is 0 Å². The molecule has 1 heterocycles. The van der Waals surface area contributed by atoms with E-state index < -0.39 is 0 Å². The molecule has 56 valence electrons. The summed E-state index contributed by atoms with van der Waals surface area (Å²) in [5, 5.41) is 0. The molecule has 0 aromatic carbocycles. The quantitative estimate of drug-likeness (QED) is 0.465. The van der Waals surface area contributed by atoms with Crippen molar-refractivity contribution in [2.24, 2.45) is 11.8 Å². The van der Waals surface area contributed by atoms with Crippen LogP contribution in [0.3, 0.4) is 0 Å². The first-order valence-corrected chi connectivity index (χ1v) is 4.21. The van der Waals surface area contributed by atoms with Gasteiger partial charge in [0.05, 0.1) is 13.2 Å². The zero-order valence-corrected chi connectivity index (χ0v) is 6.25. The summed E-state index contributed by atoms with van der Waals surface area (Å²) in [7, 11) is 0. The molecule has 10 heavy (non-hydrogen) atoms. The number of fused-ring (bicyclic) bond motifs is 1. The van der Waals surface area contributed by atoms with Crippen LogP contribution in [0.25, 0.3) is 0 Å². The van der Waals surface area contributed by atoms with Gasteiger partial charge in [0.1, 0.15) is 0 Å². The number of hydrogen-bond donors (Lipinski definition) is 0. The van der Waals surface area contributed by atoms with E-state index in [9.17, 15) is 0 Å². The van der Waals surface area contributed by atoms with Crippen LogP contribution in [0.5, 0.6) is 0 Å². The van der Waals surface area contributed by atoms with Crippen LogP contribution in [0.4, 0.5) is 0 Å². The maximum absolute atomic E-state index is 5.40. The molecule has 1 nitrogen and oxygen atoms in total. The first-order chi connectivity index (χ1) is 4.97. The molecule has 2 atom stereocenters. The van der Waals surface area contributed by atoms with Gasteiger partial charge >= 0.3 is 0 Å². The molecule has 0 saturated carbocycles. The molecule has 0 aromatic rings. The molecule has 1 aliphatic carbocycles. The molecule has 0 spiro atoms. The van der Waals surface area contributed by atoms with Gasteiger partial charge < -0.3 is 4.74 Å². The predicted molar refractivity (Wildman–Crippen MR) is 40.8 cm³/mol. The minimum atomic E-state index is 0.752. The average molecular weight is 138 g/mol. The van der Waals surface area contributed by atoms with E-state index in [-0.39, 0.29) is 0 Å². The molecule has 0 N–H and O–H groups in total. The van der Waals surface area contributed by atoms with E-state index in [4.69, 9.17) is 4.74 Å². The van der Waals surface area contributed by atoms with Crippen molar-refractivity contribution in [2.75, 3.05) is 13.2 Å². The number of allylic oxidation sites excluding steroid dienone is 1. The molecule has 0 aromatic heterocycles. The summed E-state index contributed by atoms with van der Waals surface area (Å²) in [6.45, 7) is 1.98. The molecule has 1 saturated heterocycles. The number of ether oxygens (including phenoxy) is 1. The fourth-order valence-corrected chi connectivity index (χ4v) is 1.89. The van der Waals surface area contributed by atoms with E-state index in [2.05, 4.69) is 12.2 Å². The highest BCUT2D eigenvalue weighted by atomic mass is 16.5. The highest BCUT2D eigenvalue weighted by Gasteiger charge is 2.26. The maximum atomic E-state index is 5.40. The van der Waals surface area contributed by atoms with Crippen molar-refractivity contribution in [3.8, 4) is 0 Å². The molecule has 2 rings (SSSR count). The molecule has 1 aliphatic heterocycles. The van der Waals surface area contributed by atoms with Gasteiger partial charge in [0.15, 0.2) is 0 Å². The van der Waals surface area contributed by atoms with E-state index in [1.165, 1.54) is 19.3 Å². The van der Waals surface area contributed by atoms with E-state index in [0.29, 0.717) is 0 Å². The molecular formula is C9H14O. The van der Waals surface area contributed by atoms with Crippen molar-refractivity contribution in [2.45, 2.75) is 19.3 Å². The topological polar surface area (TPSA) is 9.23 Å². The Labute approximate surface area is 62.1 Å². The molecule has 0 bridgehead atoms. The van der Waals surface area contributed by atoms with Crippen molar-refractivity contribution in [1.29, 1.82) is 0 Å². The summed E-state index contributed by atoms with van der Waals surface area (Å²) in [5.41, 5.74) is 0. The van der Waals surface area contributed by atoms with Crippen LogP contribution in [0.2, 0.25) is 0 Å². The Kier molecular flexibility index (Phi) is 1.76. The summed E-state index contributed by atoms with van der Waals surface area (Å²) >= 11 is 0. The molecular weight excluding hydrogens is 124 g/mol. The van der Waals surface area contributed by atoms with Crippen molar-refractivity contribution in [3.05, 3.63) is 12.2 Å². The molecule has 2 aliphatic rings. The van der Waals surface area contributed by atoms with Gasteiger partial charge in [-0.1, -0.05) is 12.2 Å². The van der Waals surface area contributed by atoms with E-state index in [1.807, 2.05) is 0 Å². The lowest BCUT2D eigenvalue weighted by molar-refractivity contribution is 0.181. The second kappa shape index (κ2) is 2.75. The first kappa shape index (κ1) is 6.41. The van der Waals surface area contributed by atoms with Crippen LogP contribution in [0, 0.1) is 11.8 Å². The summed E-state index contributed by atoms with van der Waals surface area (Å²) in [5.74, 6) is 1.60. The Hall–Kier alpha value is -0.300. The molecule has 1 heteroatoms. The van der Waals surface area contributed by atoms with Crippen molar-refractivity contribution < 1.29 is 4.74 Å². The number of rotatable bonds is 0. The Balaban J connectivity index is 2.06. The third-order valence-corrected chi connectivity index (χ3v) is 2.58. The average Bonchev–Trinajstić information content (AvgIpc) is 2.28. The zero-order valence-electron chi connectivity index (χ0n) is 6.25. The van der Waals surface area contributed by atoms with Gasteiger partial charge in [0.25, 0.3) is 0 Å². The maximum Gasteiger partial charge on any atom is 0.0532 e. The van der Waals surface area contributed by atoms with Crippen molar-refractivity contribution in [1.82, 2.24) is 0 Å². The highest BCUT2D eigenvalue weighted by molar-refractivity contribution is 4.96. The van der Waals surface area contributed by atoms with Crippen molar-refractivity contribution >= 4 is 0 Å². The summed E-state index contributed by atoms with van der Waals surface area (Å²) in [6, 6.07) is 0. The van der Waals surface area contributed by atoms with Crippen LogP contribution in [0.15, 0.2) is 12.2 Å². The van der Waals surface area contributed by atoms with Crippen molar-refractivity contribution in [3.63, 3.8) is 0 Å². The lowest BCUT2D eigenvalue weighted by atomic mass is 9.93. The number of hydrogen-bond acceptors (Lipinski definition) is 1. The Bertz CT molecular complexity index is 140. The van der Waals surface area contributed by atoms with Gasteiger partial charge in [-0.2, -0.15) is 0 Å². The molecule has 1 fully saturated rings. The van der Waals surface area contributed by atoms with Crippen LogP contribution >= 0.6 is 0 Å². The lowest BCUT2D eigenvalue weighted by Gasteiger charge is -2.09. The van der Waals surface area contributed by atoms with Crippen LogP contribution in [0.1, 0.15) is 19.3 Å². The minimum Gasteiger partial charge on any atom is -0.381 e. The Morgan fingerprint density at radius 3 is 3.30 bits per heavy atom. The van der Waals surface area contributed by atoms with Crippen LogP contribution in [-0.4, -0.2) is 13.2 Å². The van der Waals surface area contributed by atoms with Gasteiger partial charge in [0.2, 0.25) is 0 Å². The SMILES string of the molecule is C1=C[C@@H]2COC[C@@H]2CCC1. The highest BCUT2D eigenvalue weighted by Crippen LogP contribution is 2.29. The predicted octanol–water partition coefficient (Wildman–Crippen LogP) is 1.99. The van der Waals surface area contributed by atoms with Gasteiger partial charge in [0, 0.05) is 5.92 Å². The summed E-state index contributed by atoms with van der Waals surface area (Å²) in [6.07, 6.45) is 8.69. The van der Waals surface area contributed by atoms with Gasteiger partial charge in [-0.15, -0.1) is 0 Å². The van der Waals surface area contributed by atoms with Gasteiger partial charge in [-0.25, -0.2) is 0 Å². The third-order valence-electron chi connectivity index (χ3n) is 2.58. The zero-order chi connectivity index (χ0) is 6.81. The van der Waals surface area contributed by atoms with E-state index in [1.54, 1.807) is 0 Å². The Morgan fingerprint density at radius 1 is 1.30 bits per heavy atom. The largest absolute Gasteiger partial charge is 0.381 e. The van der Waals surface area contributed by atoms with Crippen LogP contribution < -0.4 is 0 Å². The fraction of sp³-hybridized carbons (Fsp3) is 0.778. The molecule has 0 amide bonds. The van der Waals surface area contributed by atoms with E-state index >= 15 is 0 Å². The fourth-order valence-electron chi connectivity index (χ4n) is 1.89. The summed E-state index contributed by atoms with van der Waals surface area (Å²) < 4.78 is 5.40. The molecule has 0 unspecified atom stereocenters. The van der Waals surface area contributed by atoms with E-state index in [0.717, 1.165) is 25.0 Å². The first-order valence-electron chi connectivity index (χ1n) is 4.21. The monoisotopic (exact) mass is 138 g/mol. The second-order valence-electron chi connectivity index (χ2n) is 3.32. The standard InChI is InChI=1S/C9H14O/c1-2-4-8-6-10-7-9(8)5-3-1/h2,4,8-9H,1,3,5-7H2/t8-,9+/m1/s1. The van der Waals surface area contributed by atoms with Gasteiger partial charge in [-0.05, 0) is 25.2 Å². The van der Waals surface area contributed by atoms with Crippen LogP contribution in [-0.2, 0) is 4.74 Å². The molecule has 0 radical (unpaired) electrons.